The molecule has 96 valence electrons. The lowest BCUT2D eigenvalue weighted by Crippen LogP contribution is -2.33. The van der Waals surface area contributed by atoms with E-state index in [9.17, 15) is 0 Å². The number of hydrazine groups is 1. The van der Waals surface area contributed by atoms with Gasteiger partial charge in [0, 0.05) is 4.88 Å². The molecule has 2 rings (SSSR count). The van der Waals surface area contributed by atoms with Crippen LogP contribution in [0.1, 0.15) is 55.9 Å². The molecule has 0 aliphatic heterocycles. The van der Waals surface area contributed by atoms with Crippen molar-refractivity contribution in [1.82, 2.24) is 5.43 Å². The number of thiophene rings is 1. The van der Waals surface area contributed by atoms with Gasteiger partial charge in [0.15, 0.2) is 0 Å². The molecule has 1 fully saturated rings. The molecule has 1 aliphatic carbocycles. The van der Waals surface area contributed by atoms with E-state index in [4.69, 9.17) is 17.4 Å². The number of halogens is 1. The maximum atomic E-state index is 6.22. The van der Waals surface area contributed by atoms with Crippen molar-refractivity contribution in [3.63, 3.8) is 0 Å². The van der Waals surface area contributed by atoms with Gasteiger partial charge in [-0.25, -0.2) is 0 Å². The molecule has 0 saturated heterocycles. The van der Waals surface area contributed by atoms with Gasteiger partial charge in [-0.15, -0.1) is 11.3 Å². The highest BCUT2D eigenvalue weighted by atomic mass is 35.5. The Morgan fingerprint density at radius 3 is 2.41 bits per heavy atom. The molecule has 1 atom stereocenters. The molecule has 3 N–H and O–H groups in total. The van der Waals surface area contributed by atoms with Gasteiger partial charge in [-0.2, -0.15) is 0 Å². The molecule has 2 nitrogen and oxygen atoms in total. The van der Waals surface area contributed by atoms with Crippen LogP contribution in [0, 0.1) is 5.92 Å². The van der Waals surface area contributed by atoms with E-state index in [0.717, 1.165) is 5.02 Å². The Labute approximate surface area is 113 Å². The van der Waals surface area contributed by atoms with Gasteiger partial charge in [0.05, 0.1) is 11.1 Å². The minimum absolute atomic E-state index is 0.237. The fraction of sp³-hybridized carbons (Fsp3) is 0.692. The third-order valence-corrected chi connectivity index (χ3v) is 5.17. The lowest BCUT2D eigenvalue weighted by atomic mass is 9.85. The molecule has 0 spiro atoms. The standard InChI is InChI=1S/C13H21ClN2S/c14-11-8-9-17-13(11)12(16-15)10-6-4-2-1-3-5-7-10/h8-10,12,16H,1-7,15H2. The highest BCUT2D eigenvalue weighted by Gasteiger charge is 2.25. The van der Waals surface area contributed by atoms with E-state index >= 15 is 0 Å². The monoisotopic (exact) mass is 272 g/mol. The van der Waals surface area contributed by atoms with Crippen LogP contribution in [-0.4, -0.2) is 0 Å². The predicted molar refractivity (Wildman–Crippen MR) is 75.2 cm³/mol. The number of hydrogen-bond acceptors (Lipinski definition) is 3. The van der Waals surface area contributed by atoms with Crippen molar-refractivity contribution in [2.24, 2.45) is 11.8 Å². The van der Waals surface area contributed by atoms with Gasteiger partial charge in [-0.05, 0) is 30.2 Å². The summed E-state index contributed by atoms with van der Waals surface area (Å²) in [6.45, 7) is 0. The quantitative estimate of drug-likeness (QED) is 0.637. The Hall–Kier alpha value is -0.0900. The summed E-state index contributed by atoms with van der Waals surface area (Å²) in [7, 11) is 0. The van der Waals surface area contributed by atoms with Crippen LogP contribution >= 0.6 is 22.9 Å². The summed E-state index contributed by atoms with van der Waals surface area (Å²) in [5.41, 5.74) is 2.99. The fourth-order valence-corrected chi connectivity index (χ4v) is 4.10. The molecule has 0 radical (unpaired) electrons. The van der Waals surface area contributed by atoms with Crippen LogP contribution in [0.5, 0.6) is 0 Å². The van der Waals surface area contributed by atoms with Crippen LogP contribution in [0.15, 0.2) is 11.4 Å². The molecule has 1 heterocycles. The molecular weight excluding hydrogens is 252 g/mol. The van der Waals surface area contributed by atoms with E-state index in [1.165, 1.54) is 49.8 Å². The SMILES string of the molecule is NNC(c1sccc1Cl)C1CCCCCCC1. The zero-order valence-corrected chi connectivity index (χ0v) is 11.7. The second-order valence-electron chi connectivity index (χ2n) is 4.88. The Morgan fingerprint density at radius 2 is 1.88 bits per heavy atom. The zero-order chi connectivity index (χ0) is 12.1. The Bertz CT molecular complexity index is 332. The minimum atomic E-state index is 0.237. The minimum Gasteiger partial charge on any atom is -0.271 e. The first-order valence-electron chi connectivity index (χ1n) is 6.52. The maximum Gasteiger partial charge on any atom is 0.0596 e. The van der Waals surface area contributed by atoms with E-state index < -0.39 is 0 Å². The smallest absolute Gasteiger partial charge is 0.0596 e. The lowest BCUT2D eigenvalue weighted by molar-refractivity contribution is 0.294. The van der Waals surface area contributed by atoms with E-state index in [0.29, 0.717) is 5.92 Å². The second kappa shape index (κ2) is 6.74. The average Bonchev–Trinajstić information content (AvgIpc) is 2.69. The van der Waals surface area contributed by atoms with Gasteiger partial charge >= 0.3 is 0 Å². The largest absolute Gasteiger partial charge is 0.271 e. The number of rotatable bonds is 3. The molecule has 1 unspecified atom stereocenters. The summed E-state index contributed by atoms with van der Waals surface area (Å²) in [4.78, 5) is 1.21. The summed E-state index contributed by atoms with van der Waals surface area (Å²) < 4.78 is 0. The summed E-state index contributed by atoms with van der Waals surface area (Å²) in [5, 5.41) is 2.91. The van der Waals surface area contributed by atoms with Gasteiger partial charge in [-0.1, -0.05) is 43.7 Å². The van der Waals surface area contributed by atoms with Crippen LogP contribution < -0.4 is 11.3 Å². The molecule has 4 heteroatoms. The third-order valence-electron chi connectivity index (χ3n) is 3.73. The molecule has 1 aromatic heterocycles. The molecule has 0 bridgehead atoms. The van der Waals surface area contributed by atoms with Crippen molar-refractivity contribution in [3.05, 3.63) is 21.3 Å². The predicted octanol–water partition coefficient (Wildman–Crippen LogP) is 4.27. The average molecular weight is 273 g/mol. The Kier molecular flexibility index (Phi) is 5.29. The summed E-state index contributed by atoms with van der Waals surface area (Å²) in [6, 6.07) is 2.20. The summed E-state index contributed by atoms with van der Waals surface area (Å²) in [6.07, 6.45) is 9.31. The van der Waals surface area contributed by atoms with E-state index in [2.05, 4.69) is 5.43 Å². The van der Waals surface area contributed by atoms with Gasteiger partial charge in [0.1, 0.15) is 0 Å². The first kappa shape index (κ1) is 13.3. The molecule has 1 aliphatic rings. The molecule has 17 heavy (non-hydrogen) atoms. The number of nitrogens with one attached hydrogen (secondary N) is 1. The van der Waals surface area contributed by atoms with Crippen molar-refractivity contribution < 1.29 is 0 Å². The maximum absolute atomic E-state index is 6.22. The normalized spacial score (nSPS) is 20.8. The van der Waals surface area contributed by atoms with Crippen molar-refractivity contribution in [1.29, 1.82) is 0 Å². The van der Waals surface area contributed by atoms with Gasteiger partial charge in [0.2, 0.25) is 0 Å². The lowest BCUT2D eigenvalue weighted by Gasteiger charge is -2.27. The van der Waals surface area contributed by atoms with Crippen molar-refractivity contribution in [2.75, 3.05) is 0 Å². The molecule has 0 amide bonds. The van der Waals surface area contributed by atoms with Crippen molar-refractivity contribution in [3.8, 4) is 0 Å². The van der Waals surface area contributed by atoms with Crippen LogP contribution in [0.3, 0.4) is 0 Å². The third kappa shape index (κ3) is 3.44. The van der Waals surface area contributed by atoms with E-state index in [-0.39, 0.29) is 6.04 Å². The fourth-order valence-electron chi connectivity index (χ4n) is 2.77. The molecule has 1 saturated carbocycles. The molecular formula is C13H21ClN2S. The van der Waals surface area contributed by atoms with Crippen LogP contribution in [-0.2, 0) is 0 Å². The summed E-state index contributed by atoms with van der Waals surface area (Å²) in [5.74, 6) is 6.39. The van der Waals surface area contributed by atoms with Crippen LogP contribution in [0.4, 0.5) is 0 Å². The van der Waals surface area contributed by atoms with Gasteiger partial charge in [0.25, 0.3) is 0 Å². The Morgan fingerprint density at radius 1 is 1.24 bits per heavy atom. The highest BCUT2D eigenvalue weighted by Crippen LogP contribution is 2.37. The van der Waals surface area contributed by atoms with Crippen LogP contribution in [0.2, 0.25) is 5.02 Å². The summed E-state index contributed by atoms with van der Waals surface area (Å²) >= 11 is 7.93. The highest BCUT2D eigenvalue weighted by molar-refractivity contribution is 7.10. The van der Waals surface area contributed by atoms with Gasteiger partial charge < -0.3 is 0 Å². The van der Waals surface area contributed by atoms with E-state index in [1.54, 1.807) is 11.3 Å². The number of nitrogens with two attached hydrogens (primary N) is 1. The molecule has 0 aromatic carbocycles. The zero-order valence-electron chi connectivity index (χ0n) is 10.1. The second-order valence-corrected chi connectivity index (χ2v) is 6.24. The van der Waals surface area contributed by atoms with Gasteiger partial charge in [-0.3, -0.25) is 11.3 Å². The first-order valence-corrected chi connectivity index (χ1v) is 7.77. The van der Waals surface area contributed by atoms with Crippen LogP contribution in [0.25, 0.3) is 0 Å². The Balaban J connectivity index is 2.08. The van der Waals surface area contributed by atoms with Crippen molar-refractivity contribution in [2.45, 2.75) is 51.0 Å². The first-order chi connectivity index (χ1) is 8.33. The molecule has 1 aromatic rings. The van der Waals surface area contributed by atoms with Crippen molar-refractivity contribution >= 4 is 22.9 Å². The number of hydrogen-bond donors (Lipinski definition) is 2. The van der Waals surface area contributed by atoms with E-state index in [1.807, 2.05) is 11.4 Å². The topological polar surface area (TPSA) is 38.0 Å².